The van der Waals surface area contributed by atoms with Gasteiger partial charge < -0.3 is 5.73 Å². The number of aryl methyl sites for hydroxylation is 1. The van der Waals surface area contributed by atoms with Gasteiger partial charge in [-0.15, -0.1) is 0 Å². The summed E-state index contributed by atoms with van der Waals surface area (Å²) in [6, 6.07) is 10.1. The number of nitrogens with two attached hydrogens (primary N) is 1. The minimum atomic E-state index is -0.0795. The molecule has 3 heteroatoms. The second-order valence-corrected chi connectivity index (χ2v) is 5.15. The van der Waals surface area contributed by atoms with E-state index < -0.39 is 0 Å². The zero-order valence-electron chi connectivity index (χ0n) is 10.1. The van der Waals surface area contributed by atoms with Gasteiger partial charge in [0.1, 0.15) is 0 Å². The largest absolute Gasteiger partial charge is 0.320 e. The maximum absolute atomic E-state index is 6.41. The number of thiophene rings is 1. The van der Waals surface area contributed by atoms with Crippen LogP contribution in [0.2, 0.25) is 0 Å². The third-order valence-corrected chi connectivity index (χ3v) is 4.12. The normalized spacial score (nSPS) is 12.8. The number of hydrogen-bond acceptors (Lipinski definition) is 3. The molecule has 3 aromatic rings. The quantitative estimate of drug-likeness (QED) is 0.758. The van der Waals surface area contributed by atoms with Crippen LogP contribution in [0.5, 0.6) is 0 Å². The first-order valence-electron chi connectivity index (χ1n) is 5.89. The Morgan fingerprint density at radius 2 is 2.00 bits per heavy atom. The summed E-state index contributed by atoms with van der Waals surface area (Å²) in [5.74, 6) is 0. The Bertz CT molecular complexity index is 682. The Morgan fingerprint density at radius 3 is 2.78 bits per heavy atom. The summed E-state index contributed by atoms with van der Waals surface area (Å²) >= 11 is 1.70. The molecule has 0 bridgehead atoms. The lowest BCUT2D eigenvalue weighted by molar-refractivity contribution is 0.877. The van der Waals surface area contributed by atoms with E-state index in [1.807, 2.05) is 24.4 Å². The molecule has 0 fully saturated rings. The topological polar surface area (TPSA) is 38.9 Å². The Morgan fingerprint density at radius 1 is 1.11 bits per heavy atom. The van der Waals surface area contributed by atoms with Gasteiger partial charge in [-0.3, -0.25) is 4.98 Å². The van der Waals surface area contributed by atoms with Gasteiger partial charge in [0, 0.05) is 11.6 Å². The van der Waals surface area contributed by atoms with Crippen molar-refractivity contribution in [3.63, 3.8) is 0 Å². The lowest BCUT2D eigenvalue weighted by Gasteiger charge is -2.14. The number of nitrogens with zero attached hydrogens (tertiary/aromatic N) is 1. The van der Waals surface area contributed by atoms with Crippen LogP contribution in [0.4, 0.5) is 0 Å². The van der Waals surface area contributed by atoms with Crippen LogP contribution in [-0.2, 0) is 0 Å². The average molecular weight is 254 g/mol. The lowest BCUT2D eigenvalue weighted by atomic mass is 9.96. The summed E-state index contributed by atoms with van der Waals surface area (Å²) in [6.07, 6.45) is 1.81. The third-order valence-electron chi connectivity index (χ3n) is 3.24. The highest BCUT2D eigenvalue weighted by Gasteiger charge is 2.14. The molecule has 0 saturated heterocycles. The summed E-state index contributed by atoms with van der Waals surface area (Å²) < 4.78 is 0. The van der Waals surface area contributed by atoms with Crippen LogP contribution in [0.15, 0.2) is 47.3 Å². The summed E-state index contributed by atoms with van der Waals surface area (Å²) in [4.78, 5) is 4.38. The van der Waals surface area contributed by atoms with E-state index in [1.165, 1.54) is 11.1 Å². The van der Waals surface area contributed by atoms with Crippen LogP contribution in [0.1, 0.15) is 22.7 Å². The smallest absolute Gasteiger partial charge is 0.0705 e. The van der Waals surface area contributed by atoms with E-state index in [9.17, 15) is 0 Å². The molecule has 18 heavy (non-hydrogen) atoms. The van der Waals surface area contributed by atoms with Gasteiger partial charge in [0.2, 0.25) is 0 Å². The van der Waals surface area contributed by atoms with E-state index in [2.05, 4.69) is 34.8 Å². The number of hydrogen-bond donors (Lipinski definition) is 1. The molecule has 0 saturated carbocycles. The standard InChI is InChI=1S/C15H14N2S/c1-10-8-18-9-13(10)15(16)12-4-2-6-14-11(12)5-3-7-17-14/h2-9,15H,16H2,1H3. The van der Waals surface area contributed by atoms with Gasteiger partial charge in [-0.1, -0.05) is 18.2 Å². The molecule has 0 radical (unpaired) electrons. The Hall–Kier alpha value is -1.71. The van der Waals surface area contributed by atoms with E-state index in [1.54, 1.807) is 11.3 Å². The molecule has 0 aliphatic carbocycles. The molecular formula is C15H14N2S. The van der Waals surface area contributed by atoms with Gasteiger partial charge in [0.25, 0.3) is 0 Å². The molecule has 0 amide bonds. The maximum atomic E-state index is 6.41. The SMILES string of the molecule is Cc1cscc1C(N)c1cccc2ncccc12. The van der Waals surface area contributed by atoms with Crippen LogP contribution < -0.4 is 5.73 Å². The Labute approximate surface area is 110 Å². The molecule has 2 N–H and O–H groups in total. The second kappa shape index (κ2) is 4.52. The fourth-order valence-corrected chi connectivity index (χ4v) is 3.14. The minimum absolute atomic E-state index is 0.0795. The molecule has 1 unspecified atom stereocenters. The van der Waals surface area contributed by atoms with Crippen molar-refractivity contribution in [3.05, 3.63) is 64.0 Å². The first kappa shape index (κ1) is 11.4. The fourth-order valence-electron chi connectivity index (χ4n) is 2.25. The van der Waals surface area contributed by atoms with Crippen molar-refractivity contribution in [1.29, 1.82) is 0 Å². The number of aromatic nitrogens is 1. The summed E-state index contributed by atoms with van der Waals surface area (Å²) in [5, 5.41) is 5.41. The highest BCUT2D eigenvalue weighted by atomic mass is 32.1. The number of pyridine rings is 1. The zero-order chi connectivity index (χ0) is 12.5. The van der Waals surface area contributed by atoms with E-state index in [4.69, 9.17) is 5.73 Å². The first-order chi connectivity index (χ1) is 8.77. The van der Waals surface area contributed by atoms with E-state index in [0.29, 0.717) is 0 Å². The van der Waals surface area contributed by atoms with Crippen LogP contribution in [-0.4, -0.2) is 4.98 Å². The van der Waals surface area contributed by atoms with Gasteiger partial charge in [0.05, 0.1) is 11.6 Å². The molecule has 3 rings (SSSR count). The maximum Gasteiger partial charge on any atom is 0.0705 e. The molecule has 0 spiro atoms. The Kier molecular flexibility index (Phi) is 2.86. The zero-order valence-corrected chi connectivity index (χ0v) is 10.9. The monoisotopic (exact) mass is 254 g/mol. The second-order valence-electron chi connectivity index (χ2n) is 4.41. The van der Waals surface area contributed by atoms with Crippen LogP contribution in [0.3, 0.4) is 0 Å². The number of benzene rings is 1. The predicted octanol–water partition coefficient (Wildman–Crippen LogP) is 3.65. The average Bonchev–Trinajstić information content (AvgIpc) is 2.83. The van der Waals surface area contributed by atoms with Crippen molar-refractivity contribution >= 4 is 22.2 Å². The highest BCUT2D eigenvalue weighted by Crippen LogP contribution is 2.29. The minimum Gasteiger partial charge on any atom is -0.320 e. The van der Waals surface area contributed by atoms with Gasteiger partial charge in [-0.25, -0.2) is 0 Å². The highest BCUT2D eigenvalue weighted by molar-refractivity contribution is 7.08. The van der Waals surface area contributed by atoms with Crippen LogP contribution in [0.25, 0.3) is 10.9 Å². The van der Waals surface area contributed by atoms with Crippen molar-refractivity contribution in [2.45, 2.75) is 13.0 Å². The number of rotatable bonds is 2. The molecule has 2 nitrogen and oxygen atoms in total. The van der Waals surface area contributed by atoms with E-state index >= 15 is 0 Å². The summed E-state index contributed by atoms with van der Waals surface area (Å²) in [6.45, 7) is 2.11. The molecule has 2 heterocycles. The van der Waals surface area contributed by atoms with Crippen molar-refractivity contribution < 1.29 is 0 Å². The molecule has 0 aliphatic rings. The third kappa shape index (κ3) is 1.82. The molecule has 1 atom stereocenters. The first-order valence-corrected chi connectivity index (χ1v) is 6.83. The fraction of sp³-hybridized carbons (Fsp3) is 0.133. The predicted molar refractivity (Wildman–Crippen MR) is 76.8 cm³/mol. The molecule has 0 aliphatic heterocycles. The van der Waals surface area contributed by atoms with Gasteiger partial charge in [-0.2, -0.15) is 11.3 Å². The van der Waals surface area contributed by atoms with Crippen LogP contribution >= 0.6 is 11.3 Å². The molecular weight excluding hydrogens is 240 g/mol. The lowest BCUT2D eigenvalue weighted by Crippen LogP contribution is -2.12. The molecule has 1 aromatic carbocycles. The summed E-state index contributed by atoms with van der Waals surface area (Å²) in [5.41, 5.74) is 11.0. The van der Waals surface area contributed by atoms with Crippen molar-refractivity contribution in [1.82, 2.24) is 4.98 Å². The van der Waals surface area contributed by atoms with Gasteiger partial charge in [-0.05, 0) is 46.5 Å². The van der Waals surface area contributed by atoms with Crippen LogP contribution in [0, 0.1) is 6.92 Å². The van der Waals surface area contributed by atoms with E-state index in [0.717, 1.165) is 16.5 Å². The molecule has 2 aromatic heterocycles. The van der Waals surface area contributed by atoms with Crippen molar-refractivity contribution in [2.24, 2.45) is 5.73 Å². The van der Waals surface area contributed by atoms with Gasteiger partial charge in [0.15, 0.2) is 0 Å². The van der Waals surface area contributed by atoms with E-state index in [-0.39, 0.29) is 6.04 Å². The Balaban J connectivity index is 2.18. The van der Waals surface area contributed by atoms with Crippen molar-refractivity contribution in [3.8, 4) is 0 Å². The number of fused-ring (bicyclic) bond motifs is 1. The van der Waals surface area contributed by atoms with Crippen molar-refractivity contribution in [2.75, 3.05) is 0 Å². The molecule has 90 valence electrons. The summed E-state index contributed by atoms with van der Waals surface area (Å²) in [7, 11) is 0. The van der Waals surface area contributed by atoms with Gasteiger partial charge >= 0.3 is 0 Å².